The van der Waals surface area contributed by atoms with E-state index in [9.17, 15) is 0 Å². The molecule has 2 heteroatoms. The van der Waals surface area contributed by atoms with E-state index in [1.807, 2.05) is 12.1 Å². The van der Waals surface area contributed by atoms with Crippen molar-refractivity contribution in [2.75, 3.05) is 6.54 Å². The fourth-order valence-electron chi connectivity index (χ4n) is 1.03. The van der Waals surface area contributed by atoms with E-state index in [4.69, 9.17) is 5.26 Å². The Hall–Kier alpha value is -0.810. The Morgan fingerprint density at radius 3 is 3.11 bits per heavy atom. The van der Waals surface area contributed by atoms with Crippen molar-refractivity contribution < 1.29 is 0 Å². The molecular formula is C7H10N2. The predicted molar refractivity (Wildman–Crippen MR) is 35.8 cm³/mol. The molecule has 0 spiro atoms. The zero-order valence-electron chi connectivity index (χ0n) is 5.30. The lowest BCUT2D eigenvalue weighted by Gasteiger charge is -1.98. The van der Waals surface area contributed by atoms with Gasteiger partial charge in [-0.25, -0.2) is 0 Å². The second kappa shape index (κ2) is 3.26. The Balaban J connectivity index is 2.28. The number of nitrogens with one attached hydrogen (secondary N) is 1. The van der Waals surface area contributed by atoms with Crippen molar-refractivity contribution in [3.63, 3.8) is 0 Å². The van der Waals surface area contributed by atoms with Crippen molar-refractivity contribution in [2.45, 2.75) is 18.9 Å². The molecule has 1 fully saturated rings. The fourth-order valence-corrected chi connectivity index (χ4v) is 1.03. The van der Waals surface area contributed by atoms with Crippen molar-refractivity contribution in [1.82, 2.24) is 5.32 Å². The van der Waals surface area contributed by atoms with Gasteiger partial charge in [-0.15, -0.1) is 0 Å². The maximum Gasteiger partial charge on any atom is 0.0909 e. The molecule has 1 aliphatic heterocycles. The summed E-state index contributed by atoms with van der Waals surface area (Å²) in [6.45, 7) is 1.10. The highest BCUT2D eigenvalue weighted by Gasteiger charge is 2.08. The van der Waals surface area contributed by atoms with Gasteiger partial charge >= 0.3 is 0 Å². The Labute approximate surface area is 55.2 Å². The van der Waals surface area contributed by atoms with Crippen molar-refractivity contribution in [3.8, 4) is 6.07 Å². The van der Waals surface area contributed by atoms with Gasteiger partial charge in [0.2, 0.25) is 0 Å². The average molecular weight is 122 g/mol. The standard InChI is InChI=1S/C7H10N2/c8-5-1-3-7-4-2-6-9-7/h1,3,7,9H,2,4,6H2/t7-/m0/s1. The maximum atomic E-state index is 8.16. The van der Waals surface area contributed by atoms with Crippen LogP contribution in [0, 0.1) is 11.3 Å². The van der Waals surface area contributed by atoms with Crippen LogP contribution in [0.3, 0.4) is 0 Å². The summed E-state index contributed by atoms with van der Waals surface area (Å²) in [5, 5.41) is 11.4. The molecule has 1 rings (SSSR count). The molecule has 0 radical (unpaired) electrons. The lowest BCUT2D eigenvalue weighted by atomic mass is 10.2. The Morgan fingerprint density at radius 1 is 1.67 bits per heavy atom. The molecule has 48 valence electrons. The molecule has 9 heavy (non-hydrogen) atoms. The summed E-state index contributed by atoms with van der Waals surface area (Å²) in [7, 11) is 0. The summed E-state index contributed by atoms with van der Waals surface area (Å²) >= 11 is 0. The van der Waals surface area contributed by atoms with Crippen molar-refractivity contribution in [2.24, 2.45) is 0 Å². The third kappa shape index (κ3) is 1.87. The summed E-state index contributed by atoms with van der Waals surface area (Å²) in [5.74, 6) is 0. The van der Waals surface area contributed by atoms with Crippen LogP contribution in [-0.2, 0) is 0 Å². The van der Waals surface area contributed by atoms with Gasteiger partial charge in [0.1, 0.15) is 0 Å². The molecule has 0 aromatic carbocycles. The lowest BCUT2D eigenvalue weighted by molar-refractivity contribution is 0.728. The molecule has 0 amide bonds. The number of hydrogen-bond donors (Lipinski definition) is 1. The van der Waals surface area contributed by atoms with E-state index < -0.39 is 0 Å². The van der Waals surface area contributed by atoms with E-state index in [1.54, 1.807) is 6.08 Å². The van der Waals surface area contributed by atoms with Gasteiger partial charge in [0.05, 0.1) is 6.07 Å². The molecule has 1 N–H and O–H groups in total. The van der Waals surface area contributed by atoms with Crippen LogP contribution in [0.4, 0.5) is 0 Å². The zero-order chi connectivity index (χ0) is 6.53. The van der Waals surface area contributed by atoms with E-state index in [2.05, 4.69) is 5.32 Å². The van der Waals surface area contributed by atoms with Crippen LogP contribution in [-0.4, -0.2) is 12.6 Å². The highest BCUT2D eigenvalue weighted by molar-refractivity contribution is 5.07. The predicted octanol–water partition coefficient (Wildman–Crippen LogP) is 0.818. The SMILES string of the molecule is N#CC=C[C@H]1CCCN1. The highest BCUT2D eigenvalue weighted by Crippen LogP contribution is 2.04. The molecular weight excluding hydrogens is 112 g/mol. The van der Waals surface area contributed by atoms with Crippen LogP contribution < -0.4 is 5.32 Å². The summed E-state index contributed by atoms with van der Waals surface area (Å²) in [6, 6.07) is 2.44. The van der Waals surface area contributed by atoms with Gasteiger partial charge in [-0.3, -0.25) is 0 Å². The molecule has 0 aromatic heterocycles. The van der Waals surface area contributed by atoms with E-state index in [0.717, 1.165) is 6.54 Å². The Kier molecular flexibility index (Phi) is 2.29. The van der Waals surface area contributed by atoms with E-state index in [0.29, 0.717) is 6.04 Å². The van der Waals surface area contributed by atoms with E-state index in [1.165, 1.54) is 12.8 Å². The third-order valence-electron chi connectivity index (χ3n) is 1.50. The van der Waals surface area contributed by atoms with Crippen LogP contribution in [0.5, 0.6) is 0 Å². The van der Waals surface area contributed by atoms with Gasteiger partial charge in [0, 0.05) is 12.1 Å². The first-order chi connectivity index (χ1) is 4.43. The highest BCUT2D eigenvalue weighted by atomic mass is 14.9. The summed E-state index contributed by atoms with van der Waals surface area (Å²) in [4.78, 5) is 0. The summed E-state index contributed by atoms with van der Waals surface area (Å²) in [5.41, 5.74) is 0. The number of allylic oxidation sites excluding steroid dienone is 1. The van der Waals surface area contributed by atoms with Crippen LogP contribution in [0.1, 0.15) is 12.8 Å². The molecule has 0 bridgehead atoms. The molecule has 0 saturated carbocycles. The minimum absolute atomic E-state index is 0.463. The summed E-state index contributed by atoms with van der Waals surface area (Å²) < 4.78 is 0. The van der Waals surface area contributed by atoms with Crippen molar-refractivity contribution in [1.29, 1.82) is 5.26 Å². The zero-order valence-corrected chi connectivity index (χ0v) is 5.30. The largest absolute Gasteiger partial charge is 0.310 e. The lowest BCUT2D eigenvalue weighted by Crippen LogP contribution is -2.17. The Bertz CT molecular complexity index is 137. The minimum atomic E-state index is 0.463. The quantitative estimate of drug-likeness (QED) is 0.522. The fraction of sp³-hybridized carbons (Fsp3) is 0.571. The number of hydrogen-bond acceptors (Lipinski definition) is 2. The first-order valence-electron chi connectivity index (χ1n) is 3.23. The molecule has 1 aliphatic rings. The smallest absolute Gasteiger partial charge is 0.0909 e. The number of rotatable bonds is 1. The van der Waals surface area contributed by atoms with Crippen LogP contribution in [0.25, 0.3) is 0 Å². The summed E-state index contributed by atoms with van der Waals surface area (Å²) in [6.07, 6.45) is 5.88. The maximum absolute atomic E-state index is 8.16. The second-order valence-corrected chi connectivity index (χ2v) is 2.19. The first-order valence-corrected chi connectivity index (χ1v) is 3.23. The molecule has 1 heterocycles. The molecule has 2 nitrogen and oxygen atoms in total. The van der Waals surface area contributed by atoms with E-state index in [-0.39, 0.29) is 0 Å². The third-order valence-corrected chi connectivity index (χ3v) is 1.50. The molecule has 1 atom stereocenters. The topological polar surface area (TPSA) is 35.8 Å². The number of nitrogens with zero attached hydrogens (tertiary/aromatic N) is 1. The van der Waals surface area contributed by atoms with Gasteiger partial charge in [-0.05, 0) is 19.4 Å². The van der Waals surface area contributed by atoms with Crippen LogP contribution in [0.2, 0.25) is 0 Å². The monoisotopic (exact) mass is 122 g/mol. The molecule has 0 aromatic rings. The first kappa shape index (κ1) is 6.31. The Morgan fingerprint density at radius 2 is 2.56 bits per heavy atom. The van der Waals surface area contributed by atoms with E-state index >= 15 is 0 Å². The minimum Gasteiger partial charge on any atom is -0.310 e. The van der Waals surface area contributed by atoms with Gasteiger partial charge < -0.3 is 5.32 Å². The van der Waals surface area contributed by atoms with Crippen molar-refractivity contribution in [3.05, 3.63) is 12.2 Å². The van der Waals surface area contributed by atoms with Crippen LogP contribution in [0.15, 0.2) is 12.2 Å². The normalized spacial score (nSPS) is 26.8. The number of nitriles is 1. The second-order valence-electron chi connectivity index (χ2n) is 2.19. The molecule has 0 aliphatic carbocycles. The average Bonchev–Trinajstić information content (AvgIpc) is 2.34. The van der Waals surface area contributed by atoms with Gasteiger partial charge in [-0.1, -0.05) is 6.08 Å². The molecule has 0 unspecified atom stereocenters. The van der Waals surface area contributed by atoms with Crippen molar-refractivity contribution >= 4 is 0 Å². The van der Waals surface area contributed by atoms with Gasteiger partial charge in [-0.2, -0.15) is 5.26 Å². The van der Waals surface area contributed by atoms with Gasteiger partial charge in [0.15, 0.2) is 0 Å². The molecule has 1 saturated heterocycles. The van der Waals surface area contributed by atoms with Gasteiger partial charge in [0.25, 0.3) is 0 Å². The van der Waals surface area contributed by atoms with Crippen LogP contribution >= 0.6 is 0 Å².